The van der Waals surface area contributed by atoms with Crippen LogP contribution < -0.4 is 29.3 Å². The van der Waals surface area contributed by atoms with Gasteiger partial charge in [-0.2, -0.15) is 5.26 Å². The summed E-state index contributed by atoms with van der Waals surface area (Å²) in [6.07, 6.45) is 3.46. The first-order chi connectivity index (χ1) is 13.4. The van der Waals surface area contributed by atoms with Gasteiger partial charge in [0.15, 0.2) is 11.5 Å². The van der Waals surface area contributed by atoms with Crippen molar-refractivity contribution in [2.45, 2.75) is 13.3 Å². The zero-order valence-corrected chi connectivity index (χ0v) is 15.6. The van der Waals surface area contributed by atoms with Gasteiger partial charge in [0.2, 0.25) is 0 Å². The van der Waals surface area contributed by atoms with Gasteiger partial charge in [0.05, 0.1) is 17.2 Å². The summed E-state index contributed by atoms with van der Waals surface area (Å²) >= 11 is 0. The molecule has 29 heavy (non-hydrogen) atoms. The first-order valence-electron chi connectivity index (χ1n) is 8.20. The number of carbonyl (C=O) groups excluding carboxylic acids is 2. The number of carbonyl (C=O) groups is 2. The standard InChI is InChI=1S/C19H14FN5O3.Li/c1-2-12-7-13(19(27)28)16(8-14(12)20)22-18(26)15-3-4-17(24-23-15)25-6-5-11(9-21)10-25;/h3-8,10H,2H2,1H3,(H,22,26)(H,27,28);/q;+1/p-1. The molecule has 3 rings (SSSR count). The van der Waals surface area contributed by atoms with E-state index in [-0.39, 0.29) is 41.4 Å². The SMILES string of the molecule is CCc1cc(C(=O)[O-])c(NC(=O)c2ccc(-n3ccc(C#N)c3)nn2)cc1F.[Li+]. The molecule has 2 heterocycles. The van der Waals surface area contributed by atoms with Crippen LogP contribution in [0.5, 0.6) is 0 Å². The molecule has 0 spiro atoms. The Hall–Kier alpha value is -3.46. The molecule has 0 bridgehead atoms. The van der Waals surface area contributed by atoms with Crippen LogP contribution in [-0.2, 0) is 6.42 Å². The van der Waals surface area contributed by atoms with E-state index in [9.17, 15) is 19.1 Å². The molecule has 0 atom stereocenters. The molecule has 0 saturated carbocycles. The predicted molar refractivity (Wildman–Crippen MR) is 94.1 cm³/mol. The molecule has 1 N–H and O–H groups in total. The van der Waals surface area contributed by atoms with E-state index < -0.39 is 17.7 Å². The number of benzene rings is 1. The van der Waals surface area contributed by atoms with Crippen molar-refractivity contribution >= 4 is 17.6 Å². The molecule has 2 aromatic heterocycles. The monoisotopic (exact) mass is 385 g/mol. The van der Waals surface area contributed by atoms with Crippen molar-refractivity contribution in [2.24, 2.45) is 0 Å². The van der Waals surface area contributed by atoms with Crippen molar-refractivity contribution < 1.29 is 37.9 Å². The maximum atomic E-state index is 14.0. The third-order valence-corrected chi connectivity index (χ3v) is 4.01. The van der Waals surface area contributed by atoms with E-state index in [1.807, 2.05) is 6.07 Å². The minimum Gasteiger partial charge on any atom is -0.545 e. The van der Waals surface area contributed by atoms with E-state index in [4.69, 9.17) is 5.26 Å². The Labute approximate surface area is 177 Å². The smallest absolute Gasteiger partial charge is 0.545 e. The fraction of sp³-hybridized carbons (Fsp3) is 0.105. The number of nitrogens with one attached hydrogen (secondary N) is 1. The second kappa shape index (κ2) is 9.15. The first kappa shape index (κ1) is 21.8. The molecule has 8 nitrogen and oxygen atoms in total. The molecule has 0 fully saturated rings. The number of rotatable bonds is 5. The number of anilines is 1. The summed E-state index contributed by atoms with van der Waals surface area (Å²) in [6.45, 7) is 1.68. The van der Waals surface area contributed by atoms with Gasteiger partial charge in [-0.3, -0.25) is 4.79 Å². The van der Waals surface area contributed by atoms with Gasteiger partial charge in [0.1, 0.15) is 11.9 Å². The molecule has 0 aliphatic rings. The molecule has 0 radical (unpaired) electrons. The summed E-state index contributed by atoms with van der Waals surface area (Å²) in [5.41, 5.74) is -0.0105. The number of aromatic nitrogens is 3. The third-order valence-electron chi connectivity index (χ3n) is 4.01. The number of hydrogen-bond donors (Lipinski definition) is 1. The van der Waals surface area contributed by atoms with Crippen LogP contribution in [0.3, 0.4) is 0 Å². The van der Waals surface area contributed by atoms with E-state index >= 15 is 0 Å². The first-order valence-corrected chi connectivity index (χ1v) is 8.20. The Morgan fingerprint density at radius 1 is 1.28 bits per heavy atom. The Morgan fingerprint density at radius 3 is 2.59 bits per heavy atom. The molecule has 3 aromatic rings. The van der Waals surface area contributed by atoms with Gasteiger partial charge in [-0.05, 0) is 42.3 Å². The number of halogens is 1. The number of hydrogen-bond acceptors (Lipinski definition) is 6. The molecule has 0 unspecified atom stereocenters. The van der Waals surface area contributed by atoms with Crippen LogP contribution in [0, 0.1) is 17.1 Å². The molecule has 140 valence electrons. The Bertz CT molecular complexity index is 1110. The van der Waals surface area contributed by atoms with Crippen molar-refractivity contribution in [1.82, 2.24) is 14.8 Å². The van der Waals surface area contributed by atoms with Crippen LogP contribution in [-0.4, -0.2) is 26.6 Å². The van der Waals surface area contributed by atoms with Gasteiger partial charge in [-0.1, -0.05) is 6.92 Å². The molecule has 0 saturated heterocycles. The predicted octanol–water partition coefficient (Wildman–Crippen LogP) is -1.54. The third kappa shape index (κ3) is 4.69. The van der Waals surface area contributed by atoms with Gasteiger partial charge in [0, 0.05) is 18.0 Å². The summed E-state index contributed by atoms with van der Waals surface area (Å²) in [6, 6.07) is 8.53. The number of nitriles is 1. The van der Waals surface area contributed by atoms with Gasteiger partial charge in [-0.15, -0.1) is 10.2 Å². The number of aryl methyl sites for hydroxylation is 1. The average Bonchev–Trinajstić information content (AvgIpc) is 3.17. The number of carboxylic acid groups (broad SMARTS) is 1. The maximum absolute atomic E-state index is 14.0. The molecular weight excluding hydrogens is 372 g/mol. The van der Waals surface area contributed by atoms with E-state index in [1.54, 1.807) is 30.0 Å². The second-order valence-electron chi connectivity index (χ2n) is 5.78. The van der Waals surface area contributed by atoms with Crippen molar-refractivity contribution in [3.63, 3.8) is 0 Å². The fourth-order valence-corrected chi connectivity index (χ4v) is 2.54. The van der Waals surface area contributed by atoms with Crippen molar-refractivity contribution in [3.8, 4) is 11.9 Å². The van der Waals surface area contributed by atoms with Crippen LogP contribution in [0.2, 0.25) is 0 Å². The Balaban J connectivity index is 0.00000300. The molecular formula is C19H13FLiN5O3. The number of carboxylic acids is 1. The number of aromatic carboxylic acids is 1. The molecule has 1 amide bonds. The molecule has 1 aromatic carbocycles. The van der Waals surface area contributed by atoms with Gasteiger partial charge >= 0.3 is 18.9 Å². The number of amides is 1. The van der Waals surface area contributed by atoms with Crippen LogP contribution in [0.1, 0.15) is 38.9 Å². The van der Waals surface area contributed by atoms with Crippen LogP contribution >= 0.6 is 0 Å². The van der Waals surface area contributed by atoms with Crippen LogP contribution in [0.25, 0.3) is 5.82 Å². The normalized spacial score (nSPS) is 9.97. The fourth-order valence-electron chi connectivity index (χ4n) is 2.54. The average molecular weight is 385 g/mol. The topological polar surface area (TPSA) is 124 Å². The number of nitrogens with zero attached hydrogens (tertiary/aromatic N) is 4. The summed E-state index contributed by atoms with van der Waals surface area (Å²) < 4.78 is 15.6. The Morgan fingerprint density at radius 2 is 2.03 bits per heavy atom. The Kier molecular flexibility index (Phi) is 6.89. The minimum atomic E-state index is -1.53. The summed E-state index contributed by atoms with van der Waals surface area (Å²) in [5.74, 6) is -2.54. The summed E-state index contributed by atoms with van der Waals surface area (Å²) in [7, 11) is 0. The quantitative estimate of drug-likeness (QED) is 0.531. The zero-order chi connectivity index (χ0) is 20.3. The van der Waals surface area contributed by atoms with E-state index in [0.717, 1.165) is 12.1 Å². The van der Waals surface area contributed by atoms with Crippen molar-refractivity contribution in [2.75, 3.05) is 5.32 Å². The van der Waals surface area contributed by atoms with Crippen LogP contribution in [0.4, 0.5) is 10.1 Å². The van der Waals surface area contributed by atoms with Crippen molar-refractivity contribution in [1.29, 1.82) is 5.26 Å². The van der Waals surface area contributed by atoms with E-state index in [2.05, 4.69) is 15.5 Å². The maximum Gasteiger partial charge on any atom is 1.00 e. The second-order valence-corrected chi connectivity index (χ2v) is 5.78. The molecule has 0 aliphatic carbocycles. The van der Waals surface area contributed by atoms with E-state index in [0.29, 0.717) is 17.8 Å². The zero-order valence-electron chi connectivity index (χ0n) is 15.6. The summed E-state index contributed by atoms with van der Waals surface area (Å²) in [5, 5.41) is 30.2. The van der Waals surface area contributed by atoms with E-state index in [1.165, 1.54) is 12.1 Å². The summed E-state index contributed by atoms with van der Waals surface area (Å²) in [4.78, 5) is 23.7. The largest absolute Gasteiger partial charge is 1.00 e. The van der Waals surface area contributed by atoms with Gasteiger partial charge in [0.25, 0.3) is 5.91 Å². The van der Waals surface area contributed by atoms with Gasteiger partial charge < -0.3 is 19.8 Å². The van der Waals surface area contributed by atoms with Gasteiger partial charge in [-0.25, -0.2) is 4.39 Å². The minimum absolute atomic E-state index is 0. The van der Waals surface area contributed by atoms with Crippen molar-refractivity contribution in [3.05, 3.63) is 70.9 Å². The molecule has 10 heteroatoms. The molecule has 0 aliphatic heterocycles. The van der Waals surface area contributed by atoms with Crippen LogP contribution in [0.15, 0.2) is 42.7 Å².